The first-order valence-corrected chi connectivity index (χ1v) is 11.8. The molecule has 188 valence electrons. The van der Waals surface area contributed by atoms with Gasteiger partial charge in [-0.3, -0.25) is 0 Å². The third-order valence-electron chi connectivity index (χ3n) is 5.72. The number of anilines is 1. The zero-order chi connectivity index (χ0) is 24.2. The molecule has 0 aliphatic heterocycles. The molecular formula is C28H36BrN3O3. The Bertz CT molecular complexity index is 1050. The van der Waals surface area contributed by atoms with Crippen LogP contribution in [0.3, 0.4) is 0 Å². The van der Waals surface area contributed by atoms with Gasteiger partial charge in [-0.25, -0.2) is 4.79 Å². The topological polar surface area (TPSA) is 85.6 Å². The second kappa shape index (κ2) is 15.1. The van der Waals surface area contributed by atoms with E-state index in [9.17, 15) is 4.79 Å². The predicted octanol–water partition coefficient (Wildman–Crippen LogP) is 6.06. The average Bonchev–Trinajstić information content (AvgIpc) is 2.85. The van der Waals surface area contributed by atoms with Crippen molar-refractivity contribution in [2.75, 3.05) is 25.5 Å². The van der Waals surface area contributed by atoms with Gasteiger partial charge in [0.2, 0.25) is 0 Å². The van der Waals surface area contributed by atoms with Crippen molar-refractivity contribution >= 4 is 28.7 Å². The lowest BCUT2D eigenvalue weighted by atomic mass is 9.94. The van der Waals surface area contributed by atoms with E-state index < -0.39 is 6.03 Å². The zero-order valence-corrected chi connectivity index (χ0v) is 22.2. The van der Waals surface area contributed by atoms with Gasteiger partial charge in [0.25, 0.3) is 0 Å². The molecule has 7 heteroatoms. The fourth-order valence-electron chi connectivity index (χ4n) is 3.96. The molecule has 0 bridgehead atoms. The molecule has 0 aliphatic carbocycles. The Labute approximate surface area is 219 Å². The molecule has 0 saturated carbocycles. The second-order valence-corrected chi connectivity index (χ2v) is 8.31. The molecule has 1 atom stereocenters. The van der Waals surface area contributed by atoms with Gasteiger partial charge in [0.05, 0.1) is 12.8 Å². The first-order chi connectivity index (χ1) is 16.6. The van der Waals surface area contributed by atoms with Gasteiger partial charge in [-0.15, -0.1) is 17.0 Å². The van der Waals surface area contributed by atoms with E-state index in [2.05, 4.69) is 29.7 Å². The highest BCUT2D eigenvalue weighted by Gasteiger charge is 2.12. The first-order valence-electron chi connectivity index (χ1n) is 11.8. The maximum absolute atomic E-state index is 11.5. The number of nitrogens with one attached hydrogen (secondary N) is 2. The van der Waals surface area contributed by atoms with Gasteiger partial charge in [0, 0.05) is 6.54 Å². The van der Waals surface area contributed by atoms with E-state index in [1.807, 2.05) is 60.7 Å². The molecule has 35 heavy (non-hydrogen) atoms. The van der Waals surface area contributed by atoms with Crippen LogP contribution in [0, 0.1) is 0 Å². The Hall–Kier alpha value is -3.03. The Morgan fingerprint density at radius 1 is 1.00 bits per heavy atom. The molecule has 3 aromatic carbocycles. The zero-order valence-electron chi connectivity index (χ0n) is 20.5. The highest BCUT2D eigenvalue weighted by atomic mass is 79.9. The molecule has 0 radical (unpaired) electrons. The number of methoxy groups -OCH3 is 1. The normalized spacial score (nSPS) is 11.3. The van der Waals surface area contributed by atoms with Crippen LogP contribution in [0.2, 0.25) is 0 Å². The third-order valence-corrected chi connectivity index (χ3v) is 5.72. The fourth-order valence-corrected chi connectivity index (χ4v) is 3.96. The van der Waals surface area contributed by atoms with Crippen LogP contribution in [0.1, 0.15) is 42.4 Å². The number of nitrogens with two attached hydrogens (primary N) is 1. The number of benzene rings is 3. The van der Waals surface area contributed by atoms with Crippen LogP contribution in [0.5, 0.6) is 11.5 Å². The molecule has 0 spiro atoms. The minimum absolute atomic E-state index is 0. The summed E-state index contributed by atoms with van der Waals surface area (Å²) < 4.78 is 11.3. The van der Waals surface area contributed by atoms with Gasteiger partial charge < -0.3 is 25.8 Å². The summed E-state index contributed by atoms with van der Waals surface area (Å²) in [5.74, 6) is 1.92. The molecule has 0 aromatic heterocycles. The molecule has 3 aromatic rings. The lowest BCUT2D eigenvalue weighted by Gasteiger charge is -2.18. The number of amides is 2. The molecule has 0 fully saturated rings. The molecule has 0 aliphatic rings. The van der Waals surface area contributed by atoms with Crippen molar-refractivity contribution < 1.29 is 14.3 Å². The monoisotopic (exact) mass is 541 g/mol. The molecule has 0 heterocycles. The number of carbonyl (C=O) groups is 1. The van der Waals surface area contributed by atoms with Crippen LogP contribution in [0.4, 0.5) is 10.5 Å². The van der Waals surface area contributed by atoms with E-state index in [-0.39, 0.29) is 17.0 Å². The van der Waals surface area contributed by atoms with E-state index in [1.165, 1.54) is 5.56 Å². The highest BCUT2D eigenvalue weighted by molar-refractivity contribution is 8.93. The van der Waals surface area contributed by atoms with Gasteiger partial charge in [-0.2, -0.15) is 0 Å². The van der Waals surface area contributed by atoms with Crippen LogP contribution in [-0.2, 0) is 13.0 Å². The van der Waals surface area contributed by atoms with Crippen LogP contribution < -0.4 is 25.8 Å². The van der Waals surface area contributed by atoms with Gasteiger partial charge in [-0.1, -0.05) is 61.9 Å². The number of halogens is 1. The summed E-state index contributed by atoms with van der Waals surface area (Å²) in [6.07, 6.45) is 3.06. The highest BCUT2D eigenvalue weighted by Crippen LogP contribution is 2.27. The lowest BCUT2D eigenvalue weighted by molar-refractivity contribution is 0.259. The van der Waals surface area contributed by atoms with E-state index >= 15 is 0 Å². The smallest absolute Gasteiger partial charge is 0.316 e. The van der Waals surface area contributed by atoms with E-state index in [1.54, 1.807) is 7.11 Å². The Morgan fingerprint density at radius 3 is 2.51 bits per heavy atom. The second-order valence-electron chi connectivity index (χ2n) is 8.31. The maximum Gasteiger partial charge on any atom is 0.316 e. The Morgan fingerprint density at radius 2 is 1.80 bits per heavy atom. The van der Waals surface area contributed by atoms with Crippen molar-refractivity contribution in [2.24, 2.45) is 5.73 Å². The van der Waals surface area contributed by atoms with Gasteiger partial charge in [0.15, 0.2) is 0 Å². The molecule has 1 unspecified atom stereocenters. The van der Waals surface area contributed by atoms with E-state index in [0.717, 1.165) is 49.2 Å². The molecule has 0 saturated heterocycles. The maximum atomic E-state index is 11.5. The van der Waals surface area contributed by atoms with E-state index in [4.69, 9.17) is 15.2 Å². The number of urea groups is 1. The van der Waals surface area contributed by atoms with Gasteiger partial charge in [-0.05, 0) is 66.3 Å². The van der Waals surface area contributed by atoms with Crippen molar-refractivity contribution in [1.82, 2.24) is 5.32 Å². The summed E-state index contributed by atoms with van der Waals surface area (Å²) in [6, 6.07) is 23.4. The summed E-state index contributed by atoms with van der Waals surface area (Å²) in [5, 5.41) is 6.28. The van der Waals surface area contributed by atoms with Gasteiger partial charge >= 0.3 is 6.03 Å². The van der Waals surface area contributed by atoms with E-state index in [0.29, 0.717) is 24.0 Å². The molecule has 4 N–H and O–H groups in total. The number of rotatable bonds is 13. The minimum Gasteiger partial charge on any atom is -0.497 e. The molecule has 6 nitrogen and oxygen atoms in total. The van der Waals surface area contributed by atoms with Crippen molar-refractivity contribution in [3.05, 3.63) is 89.5 Å². The van der Waals surface area contributed by atoms with Crippen molar-refractivity contribution in [1.29, 1.82) is 0 Å². The van der Waals surface area contributed by atoms with Crippen molar-refractivity contribution in [2.45, 2.75) is 38.7 Å². The molecular weight excluding hydrogens is 506 g/mol. The number of ether oxygens (including phenoxy) is 2. The predicted molar refractivity (Wildman–Crippen MR) is 148 cm³/mol. The summed E-state index contributed by atoms with van der Waals surface area (Å²) in [5.41, 5.74) is 9.41. The quantitative estimate of drug-likeness (QED) is 0.229. The summed E-state index contributed by atoms with van der Waals surface area (Å²) in [7, 11) is 1.70. The van der Waals surface area contributed by atoms with Crippen molar-refractivity contribution in [3.8, 4) is 11.5 Å². The largest absolute Gasteiger partial charge is 0.497 e. The molecule has 3 rings (SSSR count). The van der Waals surface area contributed by atoms with Crippen LogP contribution in [-0.4, -0.2) is 26.2 Å². The Kier molecular flexibility index (Phi) is 12.1. The third kappa shape index (κ3) is 9.26. The Balaban J connectivity index is 0.00000432. The van der Waals surface area contributed by atoms with Crippen molar-refractivity contribution in [3.63, 3.8) is 0 Å². The fraction of sp³-hybridized carbons (Fsp3) is 0.321. The number of hydrogen-bond donors (Lipinski definition) is 3. The van der Waals surface area contributed by atoms with Crippen LogP contribution in [0.25, 0.3) is 0 Å². The standard InChI is InChI=1S/C28H35N3O3.BrH/c1-3-8-24(23-11-7-12-25(18-23)33-2)19-30-16-15-21-13-14-27(26(17-21)31-28(29)32)34-20-22-9-5-4-6-10-22;/h4-7,9-14,17-18,24,30H,3,8,15-16,19-20H2,1-2H3,(H3,29,31,32);1H. The van der Waals surface area contributed by atoms with Crippen LogP contribution >= 0.6 is 17.0 Å². The number of carbonyl (C=O) groups excluding carboxylic acids is 1. The summed E-state index contributed by atoms with van der Waals surface area (Å²) in [6.45, 7) is 4.34. The van der Waals surface area contributed by atoms with Gasteiger partial charge in [0.1, 0.15) is 18.1 Å². The van der Waals surface area contributed by atoms with Crippen LogP contribution in [0.15, 0.2) is 72.8 Å². The summed E-state index contributed by atoms with van der Waals surface area (Å²) in [4.78, 5) is 11.5. The first kappa shape index (κ1) is 28.2. The average molecular weight is 543 g/mol. The minimum atomic E-state index is -0.611. The summed E-state index contributed by atoms with van der Waals surface area (Å²) >= 11 is 0. The molecule has 2 amide bonds. The lowest BCUT2D eigenvalue weighted by Crippen LogP contribution is -2.24. The number of primary amides is 1. The SMILES string of the molecule is Br.CCCC(CNCCc1ccc(OCc2ccccc2)c(NC(N)=O)c1)c1cccc(OC)c1. The number of hydrogen-bond acceptors (Lipinski definition) is 4.